The van der Waals surface area contributed by atoms with Crippen LogP contribution in [-0.4, -0.2) is 34.4 Å². The lowest BCUT2D eigenvalue weighted by atomic mass is 10.2. The predicted octanol–water partition coefficient (Wildman–Crippen LogP) is 3.20. The average Bonchev–Trinajstić information content (AvgIpc) is 2.83. The first kappa shape index (κ1) is 16.5. The number of carbonyl (C=O) groups is 1. The SMILES string of the molecule is CC1COc2c(F)ccc3nc(CCNC(=O)OC(C)(C)C)n1c23. The third kappa shape index (κ3) is 3.16. The number of aromatic nitrogens is 2. The second-order valence-corrected chi connectivity index (χ2v) is 6.98. The van der Waals surface area contributed by atoms with Crippen LogP contribution in [0.15, 0.2) is 12.1 Å². The summed E-state index contributed by atoms with van der Waals surface area (Å²) in [5.74, 6) is 0.669. The number of hydrogen-bond acceptors (Lipinski definition) is 4. The summed E-state index contributed by atoms with van der Waals surface area (Å²) in [7, 11) is 0. The van der Waals surface area contributed by atoms with E-state index in [2.05, 4.69) is 10.3 Å². The highest BCUT2D eigenvalue weighted by atomic mass is 19.1. The van der Waals surface area contributed by atoms with Gasteiger partial charge >= 0.3 is 6.09 Å². The number of benzene rings is 1. The van der Waals surface area contributed by atoms with E-state index < -0.39 is 11.7 Å². The topological polar surface area (TPSA) is 65.4 Å². The Hall–Kier alpha value is -2.31. The van der Waals surface area contributed by atoms with Crippen LogP contribution in [-0.2, 0) is 11.2 Å². The molecule has 1 atom stereocenters. The first-order valence-corrected chi connectivity index (χ1v) is 8.05. The molecule has 1 N–H and O–H groups in total. The fourth-order valence-corrected chi connectivity index (χ4v) is 2.84. The molecule has 0 saturated carbocycles. The normalized spacial score (nSPS) is 16.8. The molecule has 2 aromatic rings. The number of halogens is 1. The van der Waals surface area contributed by atoms with Crippen molar-refractivity contribution in [2.45, 2.75) is 45.8 Å². The highest BCUT2D eigenvalue weighted by Gasteiger charge is 2.26. The van der Waals surface area contributed by atoms with Gasteiger partial charge in [0.2, 0.25) is 0 Å². The number of ether oxygens (including phenoxy) is 2. The van der Waals surface area contributed by atoms with Crippen LogP contribution in [0.1, 0.15) is 39.6 Å². The molecule has 1 aromatic carbocycles. The summed E-state index contributed by atoms with van der Waals surface area (Å²) in [5.41, 5.74) is 0.849. The number of alkyl carbamates (subject to hydrolysis) is 1. The summed E-state index contributed by atoms with van der Waals surface area (Å²) in [5, 5.41) is 2.72. The number of imidazole rings is 1. The first-order chi connectivity index (χ1) is 11.3. The molecule has 6 nitrogen and oxygen atoms in total. The molecule has 1 aliphatic rings. The second-order valence-electron chi connectivity index (χ2n) is 6.98. The Morgan fingerprint density at radius 1 is 1.50 bits per heavy atom. The van der Waals surface area contributed by atoms with Crippen LogP contribution in [0.25, 0.3) is 11.0 Å². The number of nitrogens with zero attached hydrogens (tertiary/aromatic N) is 2. The van der Waals surface area contributed by atoms with Gasteiger partial charge in [0.05, 0.1) is 11.6 Å². The van der Waals surface area contributed by atoms with Crippen LogP contribution in [0.5, 0.6) is 5.75 Å². The van der Waals surface area contributed by atoms with Crippen LogP contribution in [0, 0.1) is 5.82 Å². The molecule has 1 unspecified atom stereocenters. The highest BCUT2D eigenvalue weighted by Crippen LogP contribution is 2.35. The van der Waals surface area contributed by atoms with Crippen LogP contribution >= 0.6 is 0 Å². The third-order valence-corrected chi connectivity index (χ3v) is 3.76. The van der Waals surface area contributed by atoms with Crippen LogP contribution in [0.4, 0.5) is 9.18 Å². The van der Waals surface area contributed by atoms with E-state index in [0.29, 0.717) is 30.6 Å². The van der Waals surface area contributed by atoms with E-state index in [1.807, 2.05) is 32.3 Å². The lowest BCUT2D eigenvalue weighted by Crippen LogP contribution is -2.34. The van der Waals surface area contributed by atoms with Crippen molar-refractivity contribution in [2.75, 3.05) is 13.2 Å². The average molecular weight is 335 g/mol. The van der Waals surface area contributed by atoms with Gasteiger partial charge in [-0.2, -0.15) is 0 Å². The summed E-state index contributed by atoms with van der Waals surface area (Å²) >= 11 is 0. The maximum Gasteiger partial charge on any atom is 0.407 e. The van der Waals surface area contributed by atoms with Gasteiger partial charge in [0, 0.05) is 13.0 Å². The lowest BCUT2D eigenvalue weighted by molar-refractivity contribution is 0.0528. The molecule has 1 amide bonds. The van der Waals surface area contributed by atoms with Gasteiger partial charge in [-0.1, -0.05) is 0 Å². The van der Waals surface area contributed by atoms with Gasteiger partial charge in [-0.3, -0.25) is 0 Å². The quantitative estimate of drug-likeness (QED) is 0.935. The Balaban J connectivity index is 1.78. The molecule has 7 heteroatoms. The zero-order valence-electron chi connectivity index (χ0n) is 14.4. The second kappa shape index (κ2) is 5.96. The van der Waals surface area contributed by atoms with Crippen molar-refractivity contribution in [3.63, 3.8) is 0 Å². The molecule has 0 spiro atoms. The summed E-state index contributed by atoms with van der Waals surface area (Å²) in [6.07, 6.45) is 0.0691. The molecule has 0 fully saturated rings. The molecule has 0 aliphatic carbocycles. The Morgan fingerprint density at radius 3 is 2.96 bits per heavy atom. The van der Waals surface area contributed by atoms with E-state index in [4.69, 9.17) is 9.47 Å². The minimum atomic E-state index is -0.531. The van der Waals surface area contributed by atoms with Crippen molar-refractivity contribution >= 4 is 17.1 Å². The van der Waals surface area contributed by atoms with E-state index in [-0.39, 0.29) is 17.6 Å². The fourth-order valence-electron chi connectivity index (χ4n) is 2.84. The monoisotopic (exact) mass is 335 g/mol. The maximum absolute atomic E-state index is 13.9. The van der Waals surface area contributed by atoms with Gasteiger partial charge in [0.25, 0.3) is 0 Å². The van der Waals surface area contributed by atoms with Crippen molar-refractivity contribution in [1.82, 2.24) is 14.9 Å². The van der Waals surface area contributed by atoms with Crippen molar-refractivity contribution in [1.29, 1.82) is 0 Å². The predicted molar refractivity (Wildman–Crippen MR) is 87.8 cm³/mol. The van der Waals surface area contributed by atoms with E-state index in [9.17, 15) is 9.18 Å². The molecule has 2 heterocycles. The van der Waals surface area contributed by atoms with Crippen LogP contribution < -0.4 is 10.1 Å². The number of hydrogen-bond donors (Lipinski definition) is 1. The Morgan fingerprint density at radius 2 is 2.25 bits per heavy atom. The minimum absolute atomic E-state index is 0.0563. The van der Waals surface area contributed by atoms with Crippen molar-refractivity contribution < 1.29 is 18.7 Å². The third-order valence-electron chi connectivity index (χ3n) is 3.76. The Kier molecular flexibility index (Phi) is 4.11. The summed E-state index contributed by atoms with van der Waals surface area (Å²) in [6, 6.07) is 3.07. The molecular weight excluding hydrogens is 313 g/mol. The van der Waals surface area contributed by atoms with E-state index in [0.717, 1.165) is 5.82 Å². The lowest BCUT2D eigenvalue weighted by Gasteiger charge is -2.24. The Labute approximate surface area is 139 Å². The number of carbonyl (C=O) groups excluding carboxylic acids is 1. The standard InChI is InChI=1S/C17H22FN3O3/c1-10-9-23-15-11(18)5-6-12-14(15)21(10)13(20-12)7-8-19-16(22)24-17(2,3)4/h5-6,10H,7-9H2,1-4H3,(H,19,22). The minimum Gasteiger partial charge on any atom is -0.486 e. The van der Waals surface area contributed by atoms with Gasteiger partial charge in [-0.25, -0.2) is 14.2 Å². The smallest absolute Gasteiger partial charge is 0.407 e. The molecule has 24 heavy (non-hydrogen) atoms. The van der Waals surface area contributed by atoms with Crippen LogP contribution in [0.3, 0.4) is 0 Å². The van der Waals surface area contributed by atoms with Crippen LogP contribution in [0.2, 0.25) is 0 Å². The van der Waals surface area contributed by atoms with Gasteiger partial charge in [0.15, 0.2) is 11.6 Å². The highest BCUT2D eigenvalue weighted by molar-refractivity contribution is 5.83. The number of amides is 1. The number of rotatable bonds is 3. The number of nitrogens with one attached hydrogen (secondary N) is 1. The first-order valence-electron chi connectivity index (χ1n) is 8.05. The molecule has 0 radical (unpaired) electrons. The summed E-state index contributed by atoms with van der Waals surface area (Å²) in [6.45, 7) is 8.23. The summed E-state index contributed by atoms with van der Waals surface area (Å²) < 4.78 is 26.7. The molecular formula is C17H22FN3O3. The maximum atomic E-state index is 13.9. The van der Waals surface area contributed by atoms with Gasteiger partial charge in [-0.05, 0) is 39.8 Å². The van der Waals surface area contributed by atoms with Crippen molar-refractivity contribution in [3.8, 4) is 5.75 Å². The van der Waals surface area contributed by atoms with E-state index in [1.54, 1.807) is 6.07 Å². The fraction of sp³-hybridized carbons (Fsp3) is 0.529. The van der Waals surface area contributed by atoms with Gasteiger partial charge in [0.1, 0.15) is 23.5 Å². The molecule has 1 aromatic heterocycles. The summed E-state index contributed by atoms with van der Waals surface area (Å²) in [4.78, 5) is 16.3. The van der Waals surface area contributed by atoms with Gasteiger partial charge < -0.3 is 19.4 Å². The zero-order chi connectivity index (χ0) is 17.5. The van der Waals surface area contributed by atoms with Gasteiger partial charge in [-0.15, -0.1) is 0 Å². The largest absolute Gasteiger partial charge is 0.486 e. The molecule has 0 bridgehead atoms. The zero-order valence-corrected chi connectivity index (χ0v) is 14.4. The molecule has 3 rings (SSSR count). The van der Waals surface area contributed by atoms with E-state index >= 15 is 0 Å². The molecule has 130 valence electrons. The molecule has 0 saturated heterocycles. The van der Waals surface area contributed by atoms with Crippen molar-refractivity contribution in [3.05, 3.63) is 23.8 Å². The van der Waals surface area contributed by atoms with Crippen molar-refractivity contribution in [2.24, 2.45) is 0 Å². The molecule has 1 aliphatic heterocycles. The Bertz CT molecular complexity index is 779. The van der Waals surface area contributed by atoms with E-state index in [1.165, 1.54) is 6.07 Å².